The molecule has 2 aromatic rings. The molecular weight excluding hydrogens is 368 g/mol. The Kier molecular flexibility index (Phi) is 3.22. The highest BCUT2D eigenvalue weighted by Crippen LogP contribution is 2.59. The van der Waals surface area contributed by atoms with Crippen LogP contribution in [0.2, 0.25) is 0 Å². The van der Waals surface area contributed by atoms with Crippen LogP contribution in [0, 0.1) is 0 Å². The lowest BCUT2D eigenvalue weighted by atomic mass is 9.84. The molecule has 146 valence electrons. The van der Waals surface area contributed by atoms with Gasteiger partial charge in [-0.2, -0.15) is 0 Å². The molecular formula is C20H18O8. The molecule has 1 N–H and O–H groups in total. The molecule has 0 aromatic heterocycles. The summed E-state index contributed by atoms with van der Waals surface area (Å²) in [6, 6.07) is 3.74. The second-order valence-corrected chi connectivity index (χ2v) is 7.07. The molecule has 1 fully saturated rings. The molecule has 8 nitrogen and oxygen atoms in total. The van der Waals surface area contributed by atoms with E-state index in [1.807, 2.05) is 6.07 Å². The topological polar surface area (TPSA) is 88.1 Å². The van der Waals surface area contributed by atoms with E-state index in [1.54, 1.807) is 20.3 Å². The number of fused-ring (bicyclic) bond motifs is 6. The van der Waals surface area contributed by atoms with Crippen molar-refractivity contribution in [2.75, 3.05) is 27.8 Å². The van der Waals surface area contributed by atoms with Crippen LogP contribution in [0.3, 0.4) is 0 Å². The highest BCUT2D eigenvalue weighted by Gasteiger charge is 2.49. The Morgan fingerprint density at radius 2 is 1.54 bits per heavy atom. The first-order valence-electron chi connectivity index (χ1n) is 9.05. The molecule has 0 bridgehead atoms. The van der Waals surface area contributed by atoms with Gasteiger partial charge in [-0.1, -0.05) is 0 Å². The van der Waals surface area contributed by atoms with E-state index in [-0.39, 0.29) is 25.8 Å². The number of aliphatic hydroxyl groups excluding tert-OH is 1. The molecule has 6 rings (SSSR count). The summed E-state index contributed by atoms with van der Waals surface area (Å²) in [5.74, 6) is 3.24. The lowest BCUT2D eigenvalue weighted by molar-refractivity contribution is 0.136. The van der Waals surface area contributed by atoms with Crippen LogP contribution in [0.4, 0.5) is 0 Å². The summed E-state index contributed by atoms with van der Waals surface area (Å²) in [6.45, 7) is 0.225. The van der Waals surface area contributed by atoms with Crippen molar-refractivity contribution >= 4 is 0 Å². The van der Waals surface area contributed by atoms with Crippen LogP contribution in [0.25, 0.3) is 11.1 Å². The zero-order chi connectivity index (χ0) is 19.0. The number of epoxide rings is 1. The number of rotatable bonds is 2. The van der Waals surface area contributed by atoms with Crippen LogP contribution in [-0.4, -0.2) is 45.1 Å². The Labute approximate surface area is 160 Å². The fraction of sp³-hybridized carbons (Fsp3) is 0.400. The Hall–Kier alpha value is -2.84. The molecule has 8 heteroatoms. The molecule has 2 aromatic carbocycles. The summed E-state index contributed by atoms with van der Waals surface area (Å²) in [4.78, 5) is 0. The highest BCUT2D eigenvalue weighted by molar-refractivity contribution is 5.89. The zero-order valence-corrected chi connectivity index (χ0v) is 15.3. The Morgan fingerprint density at radius 3 is 2.21 bits per heavy atom. The fourth-order valence-electron chi connectivity index (χ4n) is 4.40. The van der Waals surface area contributed by atoms with Gasteiger partial charge in [0.15, 0.2) is 23.0 Å². The first-order chi connectivity index (χ1) is 13.7. The first kappa shape index (κ1) is 16.1. The number of ether oxygens (including phenoxy) is 7. The quantitative estimate of drug-likeness (QED) is 0.786. The minimum Gasteiger partial charge on any atom is -0.492 e. The molecule has 3 heterocycles. The van der Waals surface area contributed by atoms with Crippen LogP contribution in [0.15, 0.2) is 12.1 Å². The van der Waals surface area contributed by atoms with Crippen molar-refractivity contribution in [3.63, 3.8) is 0 Å². The number of benzene rings is 2. The molecule has 0 radical (unpaired) electrons. The molecule has 1 aliphatic carbocycles. The SMILES string of the molecule is COc1c2c(cc3c1-c1c(cc4c(c1OC)OCO4)[C@@H](O)C1OC1C3)OCO2. The second-order valence-electron chi connectivity index (χ2n) is 7.07. The number of hydrogen-bond donors (Lipinski definition) is 1. The van der Waals surface area contributed by atoms with Crippen LogP contribution >= 0.6 is 0 Å². The summed E-state index contributed by atoms with van der Waals surface area (Å²) in [5.41, 5.74) is 3.09. The van der Waals surface area contributed by atoms with Crippen molar-refractivity contribution in [3.8, 4) is 45.6 Å². The maximum absolute atomic E-state index is 11.0. The summed E-state index contributed by atoms with van der Waals surface area (Å²) in [5, 5.41) is 11.0. The van der Waals surface area contributed by atoms with Gasteiger partial charge in [0.2, 0.25) is 25.1 Å². The van der Waals surface area contributed by atoms with E-state index in [0.717, 1.165) is 11.1 Å². The van der Waals surface area contributed by atoms with Crippen molar-refractivity contribution in [1.29, 1.82) is 0 Å². The molecule has 0 amide bonds. The number of hydrogen-bond acceptors (Lipinski definition) is 8. The van der Waals surface area contributed by atoms with E-state index in [1.165, 1.54) is 0 Å². The molecule has 1 saturated heterocycles. The van der Waals surface area contributed by atoms with Crippen molar-refractivity contribution in [1.82, 2.24) is 0 Å². The molecule has 2 unspecified atom stereocenters. The first-order valence-corrected chi connectivity index (χ1v) is 9.05. The van der Waals surface area contributed by atoms with Crippen molar-refractivity contribution in [3.05, 3.63) is 23.3 Å². The molecule has 4 aliphatic rings. The maximum atomic E-state index is 11.0. The highest BCUT2D eigenvalue weighted by atomic mass is 16.7. The monoisotopic (exact) mass is 386 g/mol. The zero-order valence-electron chi connectivity index (χ0n) is 15.3. The van der Waals surface area contributed by atoms with Gasteiger partial charge in [0.05, 0.1) is 20.3 Å². The van der Waals surface area contributed by atoms with Gasteiger partial charge < -0.3 is 38.3 Å². The largest absolute Gasteiger partial charge is 0.492 e. The van der Waals surface area contributed by atoms with Gasteiger partial charge in [0, 0.05) is 17.5 Å². The van der Waals surface area contributed by atoms with Crippen LogP contribution in [-0.2, 0) is 11.2 Å². The number of aliphatic hydroxyl groups is 1. The van der Waals surface area contributed by atoms with E-state index in [4.69, 9.17) is 33.2 Å². The van der Waals surface area contributed by atoms with Gasteiger partial charge in [0.25, 0.3) is 0 Å². The van der Waals surface area contributed by atoms with Gasteiger partial charge in [-0.3, -0.25) is 0 Å². The Morgan fingerprint density at radius 1 is 0.893 bits per heavy atom. The van der Waals surface area contributed by atoms with Gasteiger partial charge in [0.1, 0.15) is 12.2 Å². The summed E-state index contributed by atoms with van der Waals surface area (Å²) < 4.78 is 39.8. The number of methoxy groups -OCH3 is 2. The lowest BCUT2D eigenvalue weighted by Gasteiger charge is -2.24. The molecule has 3 aliphatic heterocycles. The van der Waals surface area contributed by atoms with Crippen LogP contribution < -0.4 is 28.4 Å². The van der Waals surface area contributed by atoms with E-state index >= 15 is 0 Å². The summed E-state index contributed by atoms with van der Waals surface area (Å²) in [6.07, 6.45) is -0.579. The molecule has 0 spiro atoms. The third-order valence-electron chi connectivity index (χ3n) is 5.68. The standard InChI is InChI=1S/C20H18O8/c1-22-19-13-8(3-10-17(19)26-6-24-10)4-12-16(28-12)15(21)9-5-11-18(27-7-25-11)20(23-2)14(9)13/h3,5,12,15-16,21H,4,6-7H2,1-2H3/t12?,15-,16?/m1/s1. The average Bonchev–Trinajstić information content (AvgIpc) is 3.07. The minimum atomic E-state index is -0.827. The van der Waals surface area contributed by atoms with Crippen molar-refractivity contribution < 1.29 is 38.3 Å². The molecule has 28 heavy (non-hydrogen) atoms. The third-order valence-corrected chi connectivity index (χ3v) is 5.68. The molecule has 0 saturated carbocycles. The third kappa shape index (κ3) is 2.01. The molecule has 3 atom stereocenters. The van der Waals surface area contributed by atoms with Gasteiger partial charge in [-0.05, 0) is 23.3 Å². The Balaban J connectivity index is 1.73. The van der Waals surface area contributed by atoms with Gasteiger partial charge >= 0.3 is 0 Å². The smallest absolute Gasteiger partial charge is 0.231 e. The van der Waals surface area contributed by atoms with E-state index in [0.29, 0.717) is 52.0 Å². The predicted octanol–water partition coefficient (Wildman–Crippen LogP) is 2.19. The van der Waals surface area contributed by atoms with Crippen molar-refractivity contribution in [2.45, 2.75) is 24.7 Å². The van der Waals surface area contributed by atoms with Crippen LogP contribution in [0.1, 0.15) is 17.2 Å². The lowest BCUT2D eigenvalue weighted by Crippen LogP contribution is -2.15. The minimum absolute atomic E-state index is 0.0802. The van der Waals surface area contributed by atoms with Gasteiger partial charge in [-0.15, -0.1) is 0 Å². The average molecular weight is 386 g/mol. The normalized spacial score (nSPS) is 25.2. The second kappa shape index (κ2) is 5.59. The van der Waals surface area contributed by atoms with E-state index < -0.39 is 6.10 Å². The summed E-state index contributed by atoms with van der Waals surface area (Å²) >= 11 is 0. The van der Waals surface area contributed by atoms with Crippen LogP contribution in [0.5, 0.6) is 34.5 Å². The maximum Gasteiger partial charge on any atom is 0.231 e. The van der Waals surface area contributed by atoms with E-state index in [9.17, 15) is 5.11 Å². The summed E-state index contributed by atoms with van der Waals surface area (Å²) in [7, 11) is 3.15. The van der Waals surface area contributed by atoms with E-state index in [2.05, 4.69) is 0 Å². The fourth-order valence-corrected chi connectivity index (χ4v) is 4.40. The predicted molar refractivity (Wildman–Crippen MR) is 94.6 cm³/mol. The Bertz CT molecular complexity index is 1000. The van der Waals surface area contributed by atoms with Crippen molar-refractivity contribution in [2.24, 2.45) is 0 Å². The van der Waals surface area contributed by atoms with Gasteiger partial charge in [-0.25, -0.2) is 0 Å².